The summed E-state index contributed by atoms with van der Waals surface area (Å²) in [5.74, 6) is -1.45. The molecule has 0 aliphatic carbocycles. The van der Waals surface area contributed by atoms with Gasteiger partial charge in [-0.3, -0.25) is 10.1 Å². The Balaban J connectivity index is 0.000000313. The van der Waals surface area contributed by atoms with E-state index in [4.69, 9.17) is 21.8 Å². The van der Waals surface area contributed by atoms with Crippen LogP contribution in [0.2, 0.25) is 5.02 Å². The van der Waals surface area contributed by atoms with Gasteiger partial charge in [0.1, 0.15) is 5.75 Å². The number of nitro benzene ring substituents is 1. The minimum atomic E-state index is -5.09. The molecular formula is C15H9ClF3N3O5. The van der Waals surface area contributed by atoms with Gasteiger partial charge in [-0.15, -0.1) is 0 Å². The number of aromatic hydroxyl groups is 1. The molecule has 1 aromatic heterocycles. The molecule has 0 aliphatic rings. The van der Waals surface area contributed by atoms with Crippen molar-refractivity contribution in [3.8, 4) is 5.75 Å². The third-order valence-corrected chi connectivity index (χ3v) is 3.32. The van der Waals surface area contributed by atoms with Crippen LogP contribution in [0.5, 0.6) is 5.75 Å². The molecule has 8 nitrogen and oxygen atoms in total. The summed E-state index contributed by atoms with van der Waals surface area (Å²) in [4.78, 5) is 23.8. The molecule has 3 rings (SSSR count). The number of fused-ring (bicyclic) bond motifs is 1. The highest BCUT2D eigenvalue weighted by Crippen LogP contribution is 2.35. The van der Waals surface area contributed by atoms with Crippen LogP contribution in [0.1, 0.15) is 5.82 Å². The molecule has 3 aromatic rings. The summed E-state index contributed by atoms with van der Waals surface area (Å²) in [7, 11) is 0. The smallest absolute Gasteiger partial charge is 0.450 e. The van der Waals surface area contributed by atoms with E-state index in [-0.39, 0.29) is 9.59 Å². The molecule has 27 heavy (non-hydrogen) atoms. The van der Waals surface area contributed by atoms with Crippen molar-refractivity contribution in [2.45, 2.75) is 6.18 Å². The number of non-ortho nitro benzene ring substituents is 1. The first-order valence-electron chi connectivity index (χ1n) is 6.93. The van der Waals surface area contributed by atoms with Crippen LogP contribution in [-0.4, -0.2) is 30.8 Å². The van der Waals surface area contributed by atoms with Gasteiger partial charge in [0.05, 0.1) is 10.4 Å². The van der Waals surface area contributed by atoms with Crippen molar-refractivity contribution in [2.75, 3.05) is 0 Å². The fraction of sp³-hybridized carbons (Fsp3) is 0.0667. The maximum absolute atomic E-state index is 12.7. The number of carbonyl (C=O) groups is 1. The van der Waals surface area contributed by atoms with Crippen LogP contribution in [0, 0.1) is 10.1 Å². The molecule has 0 atom stereocenters. The van der Waals surface area contributed by atoms with E-state index in [9.17, 15) is 28.1 Å². The Kier molecular flexibility index (Phi) is 5.55. The number of aromatic nitrogens is 2. The number of carboxylic acid groups (broad SMARTS) is 1. The molecule has 0 saturated carbocycles. The second-order valence-electron chi connectivity index (χ2n) is 4.94. The summed E-state index contributed by atoms with van der Waals surface area (Å²) in [6.07, 6.45) is -7.06. The minimum Gasteiger partial charge on any atom is -0.508 e. The van der Waals surface area contributed by atoms with Crippen molar-refractivity contribution in [1.29, 1.82) is 0 Å². The predicted octanol–water partition coefficient (Wildman–Crippen LogP) is 4.54. The lowest BCUT2D eigenvalue weighted by Gasteiger charge is -2.06. The molecule has 0 saturated heterocycles. The highest BCUT2D eigenvalue weighted by Gasteiger charge is 2.40. The number of halogens is 4. The highest BCUT2D eigenvalue weighted by molar-refractivity contribution is 6.31. The molecule has 0 unspecified atom stereocenters. The monoisotopic (exact) mass is 403 g/mol. The van der Waals surface area contributed by atoms with Crippen molar-refractivity contribution in [2.24, 2.45) is 0 Å². The maximum atomic E-state index is 12.7. The van der Waals surface area contributed by atoms with Crippen LogP contribution >= 0.6 is 11.6 Å². The Hall–Kier alpha value is -3.34. The summed E-state index contributed by atoms with van der Waals surface area (Å²) < 4.78 is 38.0. The van der Waals surface area contributed by atoms with Crippen LogP contribution < -0.4 is 0 Å². The Bertz CT molecular complexity index is 1010. The lowest BCUT2D eigenvalue weighted by atomic mass is 10.2. The molecule has 0 fully saturated rings. The van der Waals surface area contributed by atoms with Crippen molar-refractivity contribution in [1.82, 2.24) is 9.55 Å². The molecule has 0 aliphatic heterocycles. The first kappa shape index (κ1) is 20.0. The van der Waals surface area contributed by atoms with Gasteiger partial charge in [0.25, 0.3) is 5.69 Å². The lowest BCUT2D eigenvalue weighted by Crippen LogP contribution is -2.19. The van der Waals surface area contributed by atoms with Crippen molar-refractivity contribution >= 4 is 34.4 Å². The van der Waals surface area contributed by atoms with E-state index in [1.54, 1.807) is 24.3 Å². The lowest BCUT2D eigenvalue weighted by molar-refractivity contribution is -0.383. The number of hydrogen-bond acceptors (Lipinski definition) is 5. The molecule has 0 amide bonds. The van der Waals surface area contributed by atoms with E-state index in [0.29, 0.717) is 5.75 Å². The summed E-state index contributed by atoms with van der Waals surface area (Å²) in [5, 5.41) is 28.0. The van der Waals surface area contributed by atoms with Crippen molar-refractivity contribution in [3.63, 3.8) is 0 Å². The quantitative estimate of drug-likeness (QED) is 0.455. The van der Waals surface area contributed by atoms with Crippen molar-refractivity contribution < 1.29 is 33.1 Å². The molecule has 2 N–H and O–H groups in total. The van der Waals surface area contributed by atoms with E-state index < -0.39 is 39.7 Å². The van der Waals surface area contributed by atoms with Gasteiger partial charge in [0.2, 0.25) is 5.82 Å². The summed E-state index contributed by atoms with van der Waals surface area (Å²) >= 11 is 5.55. The number of benzene rings is 2. The first-order valence-corrected chi connectivity index (χ1v) is 7.31. The van der Waals surface area contributed by atoms with E-state index in [1.807, 2.05) is 6.07 Å². The molecular weight excluding hydrogens is 395 g/mol. The van der Waals surface area contributed by atoms with Gasteiger partial charge in [-0.1, -0.05) is 29.8 Å². The Labute approximate surface area is 153 Å². The Morgan fingerprint density at radius 3 is 2.22 bits per heavy atom. The Morgan fingerprint density at radius 2 is 1.81 bits per heavy atom. The van der Waals surface area contributed by atoms with E-state index in [2.05, 4.69) is 4.98 Å². The highest BCUT2D eigenvalue weighted by atomic mass is 35.5. The molecule has 0 spiro atoms. The van der Waals surface area contributed by atoms with Gasteiger partial charge in [-0.05, 0) is 18.2 Å². The fourth-order valence-corrected chi connectivity index (χ4v) is 2.28. The van der Waals surface area contributed by atoms with Gasteiger partial charge in [-0.2, -0.15) is 13.2 Å². The standard InChI is InChI=1S/C9H3ClF3N3O4.C6H6O/c10-3-1-4-6(5(2-3)16(19)20)14-7(9(11,12)13)15(4)8(17)18;7-6-4-2-1-3-5-6/h1-2H,(H,17,18);1-5,7H. The first-order chi connectivity index (χ1) is 12.5. The van der Waals surface area contributed by atoms with Crippen LogP contribution in [-0.2, 0) is 6.18 Å². The molecule has 2 aromatic carbocycles. The van der Waals surface area contributed by atoms with E-state index in [0.717, 1.165) is 12.1 Å². The zero-order valence-electron chi connectivity index (χ0n) is 13.0. The third-order valence-electron chi connectivity index (χ3n) is 3.10. The number of alkyl halides is 3. The molecule has 12 heteroatoms. The second kappa shape index (κ2) is 7.50. The molecule has 0 bridgehead atoms. The molecule has 0 radical (unpaired) electrons. The average molecular weight is 404 g/mol. The van der Waals surface area contributed by atoms with Crippen LogP contribution in [0.15, 0.2) is 42.5 Å². The third kappa shape index (κ3) is 4.44. The minimum absolute atomic E-state index is 0.186. The SMILES string of the molecule is O=C(O)n1c(C(F)(F)F)nc2c([N+](=O)[O-])cc(Cl)cc21.Oc1ccccc1. The molecule has 142 valence electrons. The summed E-state index contributed by atoms with van der Waals surface area (Å²) in [5.41, 5.74) is -2.11. The maximum Gasteiger partial charge on any atom is 0.450 e. The van der Waals surface area contributed by atoms with Crippen LogP contribution in [0.25, 0.3) is 11.0 Å². The van der Waals surface area contributed by atoms with Gasteiger partial charge in [0, 0.05) is 11.1 Å². The number of rotatable bonds is 1. The van der Waals surface area contributed by atoms with Gasteiger partial charge in [-0.25, -0.2) is 14.3 Å². The number of phenols is 1. The van der Waals surface area contributed by atoms with E-state index >= 15 is 0 Å². The number of phenolic OH excluding ortho intramolecular Hbond substituents is 1. The zero-order chi connectivity index (χ0) is 20.4. The Morgan fingerprint density at radius 1 is 1.22 bits per heavy atom. The summed E-state index contributed by atoms with van der Waals surface area (Å²) in [6.45, 7) is 0. The van der Waals surface area contributed by atoms with Gasteiger partial charge < -0.3 is 10.2 Å². The average Bonchev–Trinajstić information content (AvgIpc) is 2.95. The number of imidazole rings is 1. The molecule has 1 heterocycles. The number of nitrogens with zero attached hydrogens (tertiary/aromatic N) is 3. The van der Waals surface area contributed by atoms with Crippen LogP contribution in [0.3, 0.4) is 0 Å². The normalized spacial score (nSPS) is 11.0. The topological polar surface area (TPSA) is 118 Å². The zero-order valence-corrected chi connectivity index (χ0v) is 13.8. The second-order valence-corrected chi connectivity index (χ2v) is 5.37. The van der Waals surface area contributed by atoms with Gasteiger partial charge >= 0.3 is 12.3 Å². The summed E-state index contributed by atoms with van der Waals surface area (Å²) in [6, 6.07) is 10.4. The van der Waals surface area contributed by atoms with E-state index in [1.165, 1.54) is 0 Å². The van der Waals surface area contributed by atoms with Crippen molar-refractivity contribution in [3.05, 3.63) is 63.4 Å². The largest absolute Gasteiger partial charge is 0.508 e. The number of para-hydroxylation sites is 1. The van der Waals surface area contributed by atoms with Gasteiger partial charge in [0.15, 0.2) is 5.52 Å². The fourth-order valence-electron chi connectivity index (χ4n) is 2.08. The predicted molar refractivity (Wildman–Crippen MR) is 87.9 cm³/mol. The van der Waals surface area contributed by atoms with Crippen LogP contribution in [0.4, 0.5) is 23.7 Å². The number of nitro groups is 1. The number of hydrogen-bond donors (Lipinski definition) is 2.